The molecule has 0 radical (unpaired) electrons. The van der Waals surface area contributed by atoms with Crippen LogP contribution in [0.1, 0.15) is 5.56 Å². The number of nitrogens with two attached hydrogens (primary N) is 4. The van der Waals surface area contributed by atoms with Gasteiger partial charge in [0.1, 0.15) is 51.7 Å². The third-order valence-corrected chi connectivity index (χ3v) is 8.94. The molecule has 62 heavy (non-hydrogen) atoms. The molecule has 8 N–H and O–H groups in total. The second-order valence-electron chi connectivity index (χ2n) is 12.7. The topological polar surface area (TPSA) is 230 Å². The molecular weight excluding hydrogens is 864 g/mol. The fraction of sp³-hybridized carbons (Fsp3) is 0.0227. The summed E-state index contributed by atoms with van der Waals surface area (Å²) in [7, 11) is 0. The quantitative estimate of drug-likeness (QED) is 0.0636. The second kappa shape index (κ2) is 21.6. The first-order valence-corrected chi connectivity index (χ1v) is 19.1. The molecule has 7 aromatic carbocycles. The van der Waals surface area contributed by atoms with Crippen LogP contribution in [0.4, 0.5) is 44.2 Å². The fourth-order valence-corrected chi connectivity index (χ4v) is 5.52. The maximum absolute atomic E-state index is 12.3. The Kier molecular flexibility index (Phi) is 15.9. The minimum atomic E-state index is -0.658. The summed E-state index contributed by atoms with van der Waals surface area (Å²) in [6.45, 7) is 0. The SMILES string of the molecule is Clc1ccc(Oc2ccc3c(c2)CC=N3)cc1.Nc1cc(F)ccc1[N+](=O)[O-].Nc1cc(Oc2ccc(Cl)cc2)ccc1[N+](=O)[O-].Nc1ccc(Oc2ccc(Cl)cc2)cc1N. The first-order valence-electron chi connectivity index (χ1n) is 18.0. The summed E-state index contributed by atoms with van der Waals surface area (Å²) in [6, 6.07) is 39.4. The van der Waals surface area contributed by atoms with Gasteiger partial charge >= 0.3 is 0 Å². The minimum Gasteiger partial charge on any atom is -0.457 e. The van der Waals surface area contributed by atoms with Gasteiger partial charge in [0.05, 0.1) is 26.9 Å². The van der Waals surface area contributed by atoms with Crippen LogP contribution in [-0.2, 0) is 6.42 Å². The Labute approximate surface area is 368 Å². The highest BCUT2D eigenvalue weighted by Gasteiger charge is 2.13. The van der Waals surface area contributed by atoms with E-state index < -0.39 is 15.7 Å². The molecule has 0 bridgehead atoms. The number of benzene rings is 7. The number of hydrogen-bond acceptors (Lipinski definition) is 12. The predicted molar refractivity (Wildman–Crippen MR) is 243 cm³/mol. The Bertz CT molecular complexity index is 2690. The Balaban J connectivity index is 0.000000158. The van der Waals surface area contributed by atoms with Crippen molar-refractivity contribution in [2.75, 3.05) is 22.9 Å². The van der Waals surface area contributed by atoms with Crippen molar-refractivity contribution < 1.29 is 28.4 Å². The predicted octanol–water partition coefficient (Wildman–Crippen LogP) is 12.6. The van der Waals surface area contributed by atoms with E-state index in [1.165, 1.54) is 23.8 Å². The summed E-state index contributed by atoms with van der Waals surface area (Å²) < 4.78 is 29.1. The lowest BCUT2D eigenvalue weighted by molar-refractivity contribution is -0.384. The zero-order valence-corrected chi connectivity index (χ0v) is 34.4. The van der Waals surface area contributed by atoms with Crippen LogP contribution in [0.2, 0.25) is 15.1 Å². The Hall–Kier alpha value is -7.59. The second-order valence-corrected chi connectivity index (χ2v) is 14.0. The lowest BCUT2D eigenvalue weighted by Crippen LogP contribution is -1.95. The average molecular weight is 899 g/mol. The fourth-order valence-electron chi connectivity index (χ4n) is 5.14. The van der Waals surface area contributed by atoms with E-state index in [4.69, 9.17) is 71.9 Å². The van der Waals surface area contributed by atoms with Gasteiger partial charge in [0.15, 0.2) is 0 Å². The van der Waals surface area contributed by atoms with Gasteiger partial charge in [0.25, 0.3) is 11.4 Å². The molecule has 8 rings (SSSR count). The van der Waals surface area contributed by atoms with Crippen molar-refractivity contribution in [2.45, 2.75) is 6.42 Å². The van der Waals surface area contributed by atoms with Gasteiger partial charge in [-0.3, -0.25) is 25.2 Å². The molecule has 0 fully saturated rings. The van der Waals surface area contributed by atoms with Crippen molar-refractivity contribution in [3.63, 3.8) is 0 Å². The van der Waals surface area contributed by atoms with E-state index in [2.05, 4.69) is 4.99 Å². The van der Waals surface area contributed by atoms with Gasteiger partial charge in [0.2, 0.25) is 0 Å². The van der Waals surface area contributed by atoms with Crippen molar-refractivity contribution in [2.24, 2.45) is 4.99 Å². The van der Waals surface area contributed by atoms with Crippen LogP contribution in [0.5, 0.6) is 34.5 Å². The maximum atomic E-state index is 12.3. The summed E-state index contributed by atoms with van der Waals surface area (Å²) in [4.78, 5) is 23.8. The Morgan fingerprint density at radius 2 is 0.871 bits per heavy atom. The molecule has 14 nitrogen and oxygen atoms in total. The summed E-state index contributed by atoms with van der Waals surface area (Å²) >= 11 is 17.3. The Morgan fingerprint density at radius 3 is 1.31 bits per heavy atom. The molecule has 18 heteroatoms. The number of nitro benzene ring substituents is 2. The first-order chi connectivity index (χ1) is 29.6. The molecule has 0 amide bonds. The van der Waals surface area contributed by atoms with E-state index in [9.17, 15) is 24.6 Å². The highest BCUT2D eigenvalue weighted by Crippen LogP contribution is 2.32. The maximum Gasteiger partial charge on any atom is 0.292 e. The van der Waals surface area contributed by atoms with Gasteiger partial charge in [-0.2, -0.15) is 0 Å². The number of fused-ring (bicyclic) bond motifs is 1. The van der Waals surface area contributed by atoms with Crippen LogP contribution < -0.4 is 37.1 Å². The number of ether oxygens (including phenoxy) is 3. The van der Waals surface area contributed by atoms with Gasteiger partial charge in [-0.1, -0.05) is 34.8 Å². The van der Waals surface area contributed by atoms with Crippen LogP contribution in [0, 0.1) is 26.0 Å². The van der Waals surface area contributed by atoms with Crippen molar-refractivity contribution in [1.29, 1.82) is 0 Å². The molecule has 1 aliphatic rings. The number of hydrogen-bond donors (Lipinski definition) is 4. The van der Waals surface area contributed by atoms with Gasteiger partial charge in [-0.05, 0) is 121 Å². The normalized spacial score (nSPS) is 10.6. The zero-order chi connectivity index (χ0) is 44.8. The number of nitro groups is 2. The third kappa shape index (κ3) is 13.7. The monoisotopic (exact) mass is 897 g/mol. The molecule has 0 spiro atoms. The van der Waals surface area contributed by atoms with Crippen LogP contribution in [-0.4, -0.2) is 16.1 Å². The Morgan fingerprint density at radius 1 is 0.484 bits per heavy atom. The highest BCUT2D eigenvalue weighted by molar-refractivity contribution is 6.31. The zero-order valence-electron chi connectivity index (χ0n) is 32.2. The molecule has 316 valence electrons. The van der Waals surface area contributed by atoms with E-state index in [1.807, 2.05) is 48.7 Å². The summed E-state index contributed by atoms with van der Waals surface area (Å²) in [5.41, 5.74) is 24.8. The van der Waals surface area contributed by atoms with E-state index in [0.29, 0.717) is 49.4 Å². The van der Waals surface area contributed by atoms with E-state index in [-0.39, 0.29) is 22.7 Å². The van der Waals surface area contributed by atoms with Crippen LogP contribution >= 0.6 is 34.8 Å². The number of nitrogens with zero attached hydrogens (tertiary/aromatic N) is 3. The summed E-state index contributed by atoms with van der Waals surface area (Å²) in [6.07, 6.45) is 2.80. The lowest BCUT2D eigenvalue weighted by Gasteiger charge is -2.07. The van der Waals surface area contributed by atoms with Crippen molar-refractivity contribution in [3.05, 3.63) is 192 Å². The third-order valence-electron chi connectivity index (χ3n) is 8.18. The van der Waals surface area contributed by atoms with Crippen molar-refractivity contribution in [1.82, 2.24) is 0 Å². The number of rotatable bonds is 8. The van der Waals surface area contributed by atoms with Crippen molar-refractivity contribution in [3.8, 4) is 34.5 Å². The molecule has 1 heterocycles. The van der Waals surface area contributed by atoms with Crippen molar-refractivity contribution >= 4 is 80.8 Å². The van der Waals surface area contributed by atoms with Crippen LogP contribution in [0.25, 0.3) is 0 Å². The molecule has 0 saturated carbocycles. The molecule has 1 aliphatic heterocycles. The van der Waals surface area contributed by atoms with E-state index in [0.717, 1.165) is 41.8 Å². The molecule has 0 atom stereocenters. The molecule has 0 aromatic heterocycles. The molecule has 0 unspecified atom stereocenters. The largest absolute Gasteiger partial charge is 0.457 e. The van der Waals surface area contributed by atoms with Gasteiger partial charge in [0, 0.05) is 58.0 Å². The molecule has 7 aromatic rings. The van der Waals surface area contributed by atoms with Crippen LogP contribution in [0.15, 0.2) is 151 Å². The van der Waals surface area contributed by atoms with Gasteiger partial charge in [-0.25, -0.2) is 4.39 Å². The smallest absolute Gasteiger partial charge is 0.292 e. The summed E-state index contributed by atoms with van der Waals surface area (Å²) in [5, 5.41) is 22.7. The molecule has 0 saturated heterocycles. The van der Waals surface area contributed by atoms with E-state index in [1.54, 1.807) is 66.7 Å². The number of anilines is 4. The first kappa shape index (κ1) is 45.5. The number of halogens is 4. The molecular formula is C44H35Cl3FN7O7. The lowest BCUT2D eigenvalue weighted by atomic mass is 10.1. The number of nitrogen functional groups attached to an aromatic ring is 4. The standard InChI is InChI=1S/C14H10ClNO.C12H9ClN2O3.C12H11ClN2O.C6H5FN2O2/c15-11-1-3-12(4-2-11)17-13-5-6-14-10(9-13)7-8-16-14;13-8-1-3-9(4-2-8)18-10-5-6-12(15(16)17)11(14)7-10;13-8-1-3-9(4-2-8)16-10-5-6-11(14)12(15)7-10;7-4-1-2-6(9(10)11)5(8)3-4/h1-6,8-9H,7H2;1-7H,14H2;1-7H,14-15H2;1-3H,8H2. The summed E-state index contributed by atoms with van der Waals surface area (Å²) in [5.74, 6) is 3.40. The minimum absolute atomic E-state index is 0.0615. The highest BCUT2D eigenvalue weighted by atomic mass is 35.5. The van der Waals surface area contributed by atoms with Crippen LogP contribution in [0.3, 0.4) is 0 Å². The van der Waals surface area contributed by atoms with Gasteiger partial charge < -0.3 is 37.1 Å². The van der Waals surface area contributed by atoms with Gasteiger partial charge in [-0.15, -0.1) is 0 Å². The average Bonchev–Trinajstić information content (AvgIpc) is 3.71. The molecule has 0 aliphatic carbocycles. The van der Waals surface area contributed by atoms with E-state index >= 15 is 0 Å². The number of aliphatic imine (C=N–C) groups is 1.